The van der Waals surface area contributed by atoms with Gasteiger partial charge in [0.05, 0.1) is 30.5 Å². The maximum absolute atomic E-state index is 14.0. The van der Waals surface area contributed by atoms with E-state index in [2.05, 4.69) is 40.2 Å². The van der Waals surface area contributed by atoms with Gasteiger partial charge >= 0.3 is 0 Å². The Balaban J connectivity index is 1.65. The van der Waals surface area contributed by atoms with Crippen LogP contribution < -0.4 is 24.4 Å². The second-order valence-electron chi connectivity index (χ2n) is 9.23. The van der Waals surface area contributed by atoms with Crippen LogP contribution in [0.2, 0.25) is 0 Å². The van der Waals surface area contributed by atoms with Crippen LogP contribution in [-0.2, 0) is 6.42 Å². The number of hydrogen-bond donors (Lipinski definition) is 0. The SMILES string of the molecule is COc1ccc(OC)c(C2C3=C(N=c4sc(=Cc5ccc(C)c(Br)c5)c(=O)n42)c2ccccc2CC3)c1. The van der Waals surface area contributed by atoms with Crippen LogP contribution in [0, 0.1) is 6.92 Å². The number of fused-ring (bicyclic) bond motifs is 3. The minimum absolute atomic E-state index is 0.0549. The predicted molar refractivity (Wildman–Crippen MR) is 151 cm³/mol. The number of aromatic nitrogens is 1. The predicted octanol–water partition coefficient (Wildman–Crippen LogP) is 5.41. The van der Waals surface area contributed by atoms with Crippen molar-refractivity contribution in [1.82, 2.24) is 4.57 Å². The van der Waals surface area contributed by atoms with Crippen molar-refractivity contribution in [2.75, 3.05) is 14.2 Å². The molecule has 6 rings (SSSR count). The number of ether oxygens (including phenoxy) is 2. The lowest BCUT2D eigenvalue weighted by atomic mass is 9.83. The third-order valence-corrected chi connectivity index (χ3v) is 8.94. The lowest BCUT2D eigenvalue weighted by molar-refractivity contribution is 0.392. The summed E-state index contributed by atoms with van der Waals surface area (Å²) in [7, 11) is 3.31. The van der Waals surface area contributed by atoms with Gasteiger partial charge in [0.25, 0.3) is 5.56 Å². The molecule has 4 aromatic rings. The highest BCUT2D eigenvalue weighted by molar-refractivity contribution is 9.10. The van der Waals surface area contributed by atoms with Crippen molar-refractivity contribution in [3.8, 4) is 11.5 Å². The highest BCUT2D eigenvalue weighted by Gasteiger charge is 2.34. The van der Waals surface area contributed by atoms with E-state index in [1.165, 1.54) is 16.9 Å². The third-order valence-electron chi connectivity index (χ3n) is 7.10. The molecule has 0 spiro atoms. The summed E-state index contributed by atoms with van der Waals surface area (Å²) in [6, 6.07) is 20.0. The van der Waals surface area contributed by atoms with Crippen LogP contribution in [0.5, 0.6) is 11.5 Å². The van der Waals surface area contributed by atoms with Gasteiger partial charge in [0.2, 0.25) is 0 Å². The number of thiazole rings is 1. The number of hydrogen-bond acceptors (Lipinski definition) is 5. The molecule has 37 heavy (non-hydrogen) atoms. The molecule has 1 aromatic heterocycles. The minimum Gasteiger partial charge on any atom is -0.497 e. The Morgan fingerprint density at radius 3 is 2.68 bits per heavy atom. The molecule has 0 saturated heterocycles. The topological polar surface area (TPSA) is 52.8 Å². The Morgan fingerprint density at radius 1 is 1.05 bits per heavy atom. The summed E-state index contributed by atoms with van der Waals surface area (Å²) in [5.41, 5.74) is 7.46. The Bertz CT molecular complexity index is 1770. The summed E-state index contributed by atoms with van der Waals surface area (Å²) >= 11 is 5.04. The lowest BCUT2D eigenvalue weighted by Crippen LogP contribution is -2.39. The van der Waals surface area contributed by atoms with E-state index >= 15 is 0 Å². The molecule has 0 fully saturated rings. The number of methoxy groups -OCH3 is 2. The van der Waals surface area contributed by atoms with Gasteiger partial charge in [-0.2, -0.15) is 0 Å². The maximum atomic E-state index is 14.0. The zero-order chi connectivity index (χ0) is 25.7. The molecule has 0 bridgehead atoms. The van der Waals surface area contributed by atoms with E-state index in [1.54, 1.807) is 14.2 Å². The average molecular weight is 574 g/mol. The fourth-order valence-corrected chi connectivity index (χ4v) is 6.60. The normalized spacial score (nSPS) is 16.5. The van der Waals surface area contributed by atoms with Crippen molar-refractivity contribution in [1.29, 1.82) is 0 Å². The minimum atomic E-state index is -0.337. The molecular formula is C30H25BrN2O3S. The van der Waals surface area contributed by atoms with Crippen LogP contribution in [0.4, 0.5) is 0 Å². The summed E-state index contributed by atoms with van der Waals surface area (Å²) in [5.74, 6) is 1.44. The second kappa shape index (κ2) is 9.47. The average Bonchev–Trinajstić information content (AvgIpc) is 3.23. The van der Waals surface area contributed by atoms with Crippen LogP contribution >= 0.6 is 27.3 Å². The van der Waals surface area contributed by atoms with Crippen LogP contribution in [0.15, 0.2) is 80.5 Å². The van der Waals surface area contributed by atoms with Gasteiger partial charge in [-0.1, -0.05) is 63.7 Å². The molecule has 0 N–H and O–H groups in total. The largest absolute Gasteiger partial charge is 0.497 e. The Labute approximate surface area is 227 Å². The monoisotopic (exact) mass is 572 g/mol. The van der Waals surface area contributed by atoms with E-state index in [9.17, 15) is 4.79 Å². The second-order valence-corrected chi connectivity index (χ2v) is 11.1. The zero-order valence-corrected chi connectivity index (χ0v) is 23.2. The summed E-state index contributed by atoms with van der Waals surface area (Å²) in [6.07, 6.45) is 3.66. The van der Waals surface area contributed by atoms with Gasteiger partial charge < -0.3 is 9.47 Å². The van der Waals surface area contributed by atoms with Crippen LogP contribution in [-0.4, -0.2) is 18.8 Å². The molecule has 0 amide bonds. The first kappa shape index (κ1) is 23.9. The Morgan fingerprint density at radius 2 is 1.89 bits per heavy atom. The fourth-order valence-electron chi connectivity index (χ4n) is 5.20. The first-order chi connectivity index (χ1) is 18.0. The van der Waals surface area contributed by atoms with Gasteiger partial charge in [-0.25, -0.2) is 4.99 Å². The van der Waals surface area contributed by atoms with Gasteiger partial charge in [0.15, 0.2) is 4.80 Å². The first-order valence-corrected chi connectivity index (χ1v) is 13.7. The van der Waals surface area contributed by atoms with Gasteiger partial charge in [-0.3, -0.25) is 9.36 Å². The molecule has 2 aliphatic rings. The van der Waals surface area contributed by atoms with Gasteiger partial charge in [-0.05, 0) is 72.4 Å². The van der Waals surface area contributed by atoms with Gasteiger partial charge in [0.1, 0.15) is 11.5 Å². The standard InChI is InChI=1S/C30H25BrN2O3S/c1-17-8-9-18(14-24(17)31)15-26-29(34)33-28(23-16-20(35-2)11-13-25(23)36-3)22-12-10-19-6-4-5-7-21(19)27(22)32-30(33)37-26/h4-9,11,13-16,28H,10,12H2,1-3H3. The van der Waals surface area contributed by atoms with E-state index in [4.69, 9.17) is 14.5 Å². The number of nitrogens with zero attached hydrogens (tertiary/aromatic N) is 2. The van der Waals surface area contributed by atoms with E-state index in [-0.39, 0.29) is 11.6 Å². The van der Waals surface area contributed by atoms with Gasteiger partial charge in [-0.15, -0.1) is 0 Å². The van der Waals surface area contributed by atoms with E-state index in [0.717, 1.165) is 62.3 Å². The van der Waals surface area contributed by atoms with Crippen molar-refractivity contribution >= 4 is 39.0 Å². The van der Waals surface area contributed by atoms with Crippen LogP contribution in [0.25, 0.3) is 11.8 Å². The van der Waals surface area contributed by atoms with E-state index in [1.807, 2.05) is 54.0 Å². The lowest BCUT2D eigenvalue weighted by Gasteiger charge is -2.31. The summed E-state index contributed by atoms with van der Waals surface area (Å²) < 4.78 is 14.9. The zero-order valence-electron chi connectivity index (χ0n) is 20.7. The number of benzene rings is 3. The molecule has 1 aliphatic carbocycles. The fraction of sp³-hybridized carbons (Fsp3) is 0.200. The number of allylic oxidation sites excluding steroid dienone is 1. The van der Waals surface area contributed by atoms with E-state index < -0.39 is 0 Å². The summed E-state index contributed by atoms with van der Waals surface area (Å²) in [5, 5.41) is 0. The molecular weight excluding hydrogens is 548 g/mol. The molecule has 5 nitrogen and oxygen atoms in total. The third kappa shape index (κ3) is 4.06. The highest BCUT2D eigenvalue weighted by Crippen LogP contribution is 2.44. The maximum Gasteiger partial charge on any atom is 0.271 e. The Hall–Kier alpha value is -3.42. The molecule has 1 atom stereocenters. The van der Waals surface area contributed by atoms with Crippen molar-refractivity contribution in [2.45, 2.75) is 25.8 Å². The summed E-state index contributed by atoms with van der Waals surface area (Å²) in [6.45, 7) is 2.05. The Kier molecular flexibility index (Phi) is 6.13. The first-order valence-electron chi connectivity index (χ1n) is 12.1. The molecule has 3 aromatic carbocycles. The molecule has 0 radical (unpaired) electrons. The molecule has 1 unspecified atom stereocenters. The number of rotatable bonds is 4. The number of halogens is 1. The van der Waals surface area contributed by atoms with Crippen LogP contribution in [0.1, 0.15) is 40.3 Å². The van der Waals surface area contributed by atoms with Gasteiger partial charge in [0, 0.05) is 15.6 Å². The molecule has 7 heteroatoms. The molecule has 0 saturated carbocycles. The van der Waals surface area contributed by atoms with Crippen LogP contribution in [0.3, 0.4) is 0 Å². The molecule has 1 aliphatic heterocycles. The highest BCUT2D eigenvalue weighted by atomic mass is 79.9. The smallest absolute Gasteiger partial charge is 0.271 e. The van der Waals surface area contributed by atoms with Crippen molar-refractivity contribution in [3.05, 3.63) is 118 Å². The quantitative estimate of drug-likeness (QED) is 0.328. The van der Waals surface area contributed by atoms with E-state index in [0.29, 0.717) is 9.33 Å². The molecule has 186 valence electrons. The van der Waals surface area contributed by atoms with Crippen molar-refractivity contribution < 1.29 is 9.47 Å². The number of aryl methyl sites for hydroxylation is 2. The van der Waals surface area contributed by atoms with Crippen molar-refractivity contribution in [3.63, 3.8) is 0 Å². The molecule has 2 heterocycles. The van der Waals surface area contributed by atoms with Crippen molar-refractivity contribution in [2.24, 2.45) is 4.99 Å². The summed E-state index contributed by atoms with van der Waals surface area (Å²) in [4.78, 5) is 19.8.